The van der Waals surface area contributed by atoms with Crippen LogP contribution in [0.3, 0.4) is 0 Å². The van der Waals surface area contributed by atoms with Crippen molar-refractivity contribution in [3.05, 3.63) is 0 Å². The van der Waals surface area contributed by atoms with Crippen molar-refractivity contribution in [2.45, 2.75) is 38.1 Å². The molecule has 3 amide bonds. The molecule has 1 aliphatic rings. The predicted octanol–water partition coefficient (Wildman–Crippen LogP) is -0.196. The molecule has 1 aliphatic carbocycles. The third-order valence-corrected chi connectivity index (χ3v) is 2.79. The lowest BCUT2D eigenvalue weighted by Crippen LogP contribution is -2.44. The number of hydrogen-bond acceptors (Lipinski definition) is 3. The highest BCUT2D eigenvalue weighted by molar-refractivity contribution is 5.76. The second kappa shape index (κ2) is 6.83. The van der Waals surface area contributed by atoms with Crippen LogP contribution in [0.4, 0.5) is 4.79 Å². The number of primary amides is 1. The summed E-state index contributed by atoms with van der Waals surface area (Å²) in [6, 6.07) is -0.698. The Morgan fingerprint density at radius 3 is 2.50 bits per heavy atom. The van der Waals surface area contributed by atoms with Gasteiger partial charge in [0.05, 0.1) is 6.42 Å². The Bertz CT molecular complexity index is 328. The van der Waals surface area contributed by atoms with Gasteiger partial charge in [-0.05, 0) is 25.2 Å². The van der Waals surface area contributed by atoms with Crippen molar-refractivity contribution in [2.75, 3.05) is 6.54 Å². The van der Waals surface area contributed by atoms with Crippen LogP contribution >= 0.6 is 0 Å². The molecule has 0 heterocycles. The number of aliphatic carboxylic acids is 1. The van der Waals surface area contributed by atoms with Crippen LogP contribution in [0.25, 0.3) is 0 Å². The van der Waals surface area contributed by atoms with Gasteiger partial charge in [0.1, 0.15) is 0 Å². The third kappa shape index (κ3) is 6.07. The second-order valence-corrected chi connectivity index (χ2v) is 4.51. The Balaban J connectivity index is 2.20. The number of carboxylic acids is 1. The molecule has 1 atom stereocenters. The van der Waals surface area contributed by atoms with E-state index in [1.807, 2.05) is 0 Å². The molecule has 0 aliphatic heterocycles. The Morgan fingerprint density at radius 1 is 1.33 bits per heavy atom. The Hall–Kier alpha value is -1.79. The predicted molar refractivity (Wildman–Crippen MR) is 63.7 cm³/mol. The third-order valence-electron chi connectivity index (χ3n) is 2.79. The molecule has 0 spiro atoms. The van der Waals surface area contributed by atoms with Crippen molar-refractivity contribution in [1.82, 2.24) is 10.6 Å². The summed E-state index contributed by atoms with van der Waals surface area (Å²) in [5, 5.41) is 14.0. The van der Waals surface area contributed by atoms with Crippen molar-refractivity contribution in [2.24, 2.45) is 11.7 Å². The largest absolute Gasteiger partial charge is 0.481 e. The first-order valence-electron chi connectivity index (χ1n) is 6.03. The van der Waals surface area contributed by atoms with Crippen LogP contribution in [0.15, 0.2) is 0 Å². The molecule has 1 saturated carbocycles. The average Bonchev–Trinajstić information content (AvgIpc) is 3.06. The fourth-order valence-corrected chi connectivity index (χ4v) is 1.71. The number of amides is 3. The molecule has 0 aromatic rings. The lowest BCUT2D eigenvalue weighted by molar-refractivity contribution is -0.137. The summed E-state index contributed by atoms with van der Waals surface area (Å²) >= 11 is 0. The van der Waals surface area contributed by atoms with Crippen molar-refractivity contribution in [3.63, 3.8) is 0 Å². The van der Waals surface area contributed by atoms with E-state index in [9.17, 15) is 14.4 Å². The Morgan fingerprint density at radius 2 is 2.00 bits per heavy atom. The molecular formula is C11H19N3O4. The highest BCUT2D eigenvalue weighted by Crippen LogP contribution is 2.33. The molecule has 0 aromatic heterocycles. The van der Waals surface area contributed by atoms with Gasteiger partial charge in [-0.15, -0.1) is 0 Å². The van der Waals surface area contributed by atoms with Crippen LogP contribution in [0.1, 0.15) is 32.1 Å². The maximum absolute atomic E-state index is 11.5. The molecule has 1 fully saturated rings. The molecule has 7 heteroatoms. The Labute approximate surface area is 105 Å². The monoisotopic (exact) mass is 257 g/mol. The van der Waals surface area contributed by atoms with Crippen LogP contribution in [0.5, 0.6) is 0 Å². The van der Waals surface area contributed by atoms with Gasteiger partial charge in [-0.1, -0.05) is 0 Å². The number of carbonyl (C=O) groups excluding carboxylic acids is 2. The maximum atomic E-state index is 11.5. The zero-order valence-corrected chi connectivity index (χ0v) is 10.1. The minimum Gasteiger partial charge on any atom is -0.481 e. The molecule has 0 aromatic carbocycles. The summed E-state index contributed by atoms with van der Waals surface area (Å²) in [6.07, 6.45) is 2.57. The summed E-state index contributed by atoms with van der Waals surface area (Å²) in [6.45, 7) is 0.346. The Kier molecular flexibility index (Phi) is 5.41. The zero-order chi connectivity index (χ0) is 13.5. The molecule has 5 N–H and O–H groups in total. The molecule has 18 heavy (non-hydrogen) atoms. The van der Waals surface area contributed by atoms with Gasteiger partial charge in [0, 0.05) is 19.0 Å². The first-order chi connectivity index (χ1) is 8.49. The van der Waals surface area contributed by atoms with E-state index in [1.165, 1.54) is 0 Å². The fourth-order valence-electron chi connectivity index (χ4n) is 1.71. The number of nitrogens with two attached hydrogens (primary N) is 1. The van der Waals surface area contributed by atoms with Crippen LogP contribution in [-0.2, 0) is 9.59 Å². The summed E-state index contributed by atoms with van der Waals surface area (Å²) in [5.41, 5.74) is 4.96. The first-order valence-corrected chi connectivity index (χ1v) is 6.03. The molecule has 0 radical (unpaired) electrons. The van der Waals surface area contributed by atoms with Crippen LogP contribution in [-0.4, -0.2) is 35.6 Å². The number of carbonyl (C=O) groups is 3. The standard InChI is InChI=1S/C11H19N3O4/c12-9(15)2-1-5-13-11(18)14-8(6-10(16)17)7-3-4-7/h7-8H,1-6H2,(H2,12,15)(H,16,17)(H2,13,14,18). The number of hydrogen-bond donors (Lipinski definition) is 4. The van der Waals surface area contributed by atoms with Gasteiger partial charge in [-0.25, -0.2) is 4.79 Å². The topological polar surface area (TPSA) is 122 Å². The highest BCUT2D eigenvalue weighted by Gasteiger charge is 2.33. The fraction of sp³-hybridized carbons (Fsp3) is 0.727. The van der Waals surface area contributed by atoms with Crippen molar-refractivity contribution in [1.29, 1.82) is 0 Å². The van der Waals surface area contributed by atoms with Gasteiger partial charge in [0.2, 0.25) is 5.91 Å². The van der Waals surface area contributed by atoms with Gasteiger partial charge in [0.25, 0.3) is 0 Å². The van der Waals surface area contributed by atoms with E-state index in [4.69, 9.17) is 10.8 Å². The van der Waals surface area contributed by atoms with Crippen LogP contribution < -0.4 is 16.4 Å². The lowest BCUT2D eigenvalue weighted by atomic mass is 10.1. The minimum atomic E-state index is -0.916. The van der Waals surface area contributed by atoms with Crippen LogP contribution in [0, 0.1) is 5.92 Å². The molecule has 0 saturated heterocycles. The summed E-state index contributed by atoms with van der Waals surface area (Å²) in [4.78, 5) is 32.6. The summed E-state index contributed by atoms with van der Waals surface area (Å²) in [5.74, 6) is -1.04. The summed E-state index contributed by atoms with van der Waals surface area (Å²) in [7, 11) is 0. The highest BCUT2D eigenvalue weighted by atomic mass is 16.4. The molecule has 7 nitrogen and oxygen atoms in total. The lowest BCUT2D eigenvalue weighted by Gasteiger charge is -2.16. The number of rotatable bonds is 8. The van der Waals surface area contributed by atoms with Crippen molar-refractivity contribution < 1.29 is 19.5 Å². The van der Waals surface area contributed by atoms with E-state index >= 15 is 0 Å². The SMILES string of the molecule is NC(=O)CCCNC(=O)NC(CC(=O)O)C1CC1. The number of carboxylic acid groups (broad SMARTS) is 1. The number of nitrogens with one attached hydrogen (secondary N) is 2. The number of urea groups is 1. The molecule has 102 valence electrons. The molecule has 0 bridgehead atoms. The van der Waals surface area contributed by atoms with Crippen LogP contribution in [0.2, 0.25) is 0 Å². The van der Waals surface area contributed by atoms with Gasteiger partial charge in [-0.3, -0.25) is 9.59 Å². The summed E-state index contributed by atoms with van der Waals surface area (Å²) < 4.78 is 0. The zero-order valence-electron chi connectivity index (χ0n) is 10.1. The van der Waals surface area contributed by atoms with E-state index in [1.54, 1.807) is 0 Å². The van der Waals surface area contributed by atoms with E-state index in [0.29, 0.717) is 13.0 Å². The van der Waals surface area contributed by atoms with Crippen molar-refractivity contribution in [3.8, 4) is 0 Å². The second-order valence-electron chi connectivity index (χ2n) is 4.51. The van der Waals surface area contributed by atoms with Gasteiger partial charge in [0.15, 0.2) is 0 Å². The molecule has 1 unspecified atom stereocenters. The quantitative estimate of drug-likeness (QED) is 0.450. The van der Waals surface area contributed by atoms with Gasteiger partial charge < -0.3 is 21.5 Å². The van der Waals surface area contributed by atoms with Crippen molar-refractivity contribution >= 4 is 17.9 Å². The first kappa shape index (κ1) is 14.3. The normalized spacial score (nSPS) is 15.8. The maximum Gasteiger partial charge on any atom is 0.315 e. The van der Waals surface area contributed by atoms with Gasteiger partial charge >= 0.3 is 12.0 Å². The smallest absolute Gasteiger partial charge is 0.315 e. The van der Waals surface area contributed by atoms with E-state index in [2.05, 4.69) is 10.6 Å². The minimum absolute atomic E-state index is 0.0562. The van der Waals surface area contributed by atoms with E-state index in [-0.39, 0.29) is 24.8 Å². The average molecular weight is 257 g/mol. The van der Waals surface area contributed by atoms with E-state index < -0.39 is 17.9 Å². The molecular weight excluding hydrogens is 238 g/mol. The molecule has 1 rings (SSSR count). The van der Waals surface area contributed by atoms with Gasteiger partial charge in [-0.2, -0.15) is 0 Å². The van der Waals surface area contributed by atoms with E-state index in [0.717, 1.165) is 12.8 Å².